The topological polar surface area (TPSA) is 34.9 Å². The first-order valence-electron chi connectivity index (χ1n) is 7.26. The lowest BCUT2D eigenvalue weighted by molar-refractivity contribution is 0.0964. The second-order valence-corrected chi connectivity index (χ2v) is 5.49. The van der Waals surface area contributed by atoms with E-state index in [4.69, 9.17) is 0 Å². The molecule has 0 amide bonds. The minimum atomic E-state index is 0.172. The Kier molecular flexibility index (Phi) is 3.62. The van der Waals surface area contributed by atoms with E-state index in [9.17, 15) is 4.79 Å². The molecule has 1 atom stereocenters. The highest BCUT2D eigenvalue weighted by molar-refractivity contribution is 5.95. The van der Waals surface area contributed by atoms with Crippen molar-refractivity contribution in [2.45, 2.75) is 32.1 Å². The summed E-state index contributed by atoms with van der Waals surface area (Å²) in [5, 5.41) is 4.07. The maximum atomic E-state index is 12.4. The average Bonchev–Trinajstić information content (AvgIpc) is 3.06. The third-order valence-corrected chi connectivity index (χ3v) is 4.15. The molecule has 0 saturated heterocycles. The number of carbonyl (C=O) groups is 1. The number of hydrogen-bond donors (Lipinski definition) is 0. The van der Waals surface area contributed by atoms with Gasteiger partial charge in [-0.2, -0.15) is 5.10 Å². The molecule has 0 saturated carbocycles. The van der Waals surface area contributed by atoms with Crippen molar-refractivity contribution in [1.29, 1.82) is 0 Å². The number of fused-ring (bicyclic) bond motifs is 1. The summed E-state index contributed by atoms with van der Waals surface area (Å²) >= 11 is 0. The van der Waals surface area contributed by atoms with Crippen molar-refractivity contribution in [2.75, 3.05) is 0 Å². The molecule has 21 heavy (non-hydrogen) atoms. The maximum absolute atomic E-state index is 12.4. The Hall–Kier alpha value is -2.34. The molecule has 0 N–H and O–H groups in total. The molecule has 0 unspecified atom stereocenters. The van der Waals surface area contributed by atoms with Crippen LogP contribution in [0.3, 0.4) is 0 Å². The zero-order valence-corrected chi connectivity index (χ0v) is 12.4. The SMILES string of the molecule is CC#Cc1ccc2c(c1)CC[C@H]2CC(=O)c1ccnn1C. The first-order chi connectivity index (χ1) is 10.2. The lowest BCUT2D eigenvalue weighted by Gasteiger charge is -2.11. The lowest BCUT2D eigenvalue weighted by Crippen LogP contribution is -2.10. The quantitative estimate of drug-likeness (QED) is 0.639. The molecule has 1 aromatic carbocycles. The summed E-state index contributed by atoms with van der Waals surface area (Å²) < 4.78 is 1.65. The van der Waals surface area contributed by atoms with Gasteiger partial charge in [0.15, 0.2) is 5.78 Å². The van der Waals surface area contributed by atoms with Gasteiger partial charge in [-0.05, 0) is 55.0 Å². The molecule has 1 aliphatic rings. The predicted molar refractivity (Wildman–Crippen MR) is 82.2 cm³/mol. The second-order valence-electron chi connectivity index (χ2n) is 5.49. The molecule has 3 rings (SSSR count). The van der Waals surface area contributed by atoms with Crippen LogP contribution in [0.15, 0.2) is 30.5 Å². The van der Waals surface area contributed by atoms with Crippen molar-refractivity contribution in [1.82, 2.24) is 9.78 Å². The van der Waals surface area contributed by atoms with E-state index in [1.807, 2.05) is 14.0 Å². The molecule has 2 aromatic rings. The molecule has 1 heterocycles. The van der Waals surface area contributed by atoms with Gasteiger partial charge in [0, 0.05) is 25.2 Å². The minimum Gasteiger partial charge on any atom is -0.292 e. The van der Waals surface area contributed by atoms with Crippen LogP contribution in [-0.4, -0.2) is 15.6 Å². The number of nitrogens with zero attached hydrogens (tertiary/aromatic N) is 2. The number of rotatable bonds is 3. The summed E-state index contributed by atoms with van der Waals surface area (Å²) in [4.78, 5) is 12.4. The molecular weight excluding hydrogens is 260 g/mol. The molecule has 1 aromatic heterocycles. The van der Waals surface area contributed by atoms with Gasteiger partial charge in [-0.25, -0.2) is 0 Å². The van der Waals surface area contributed by atoms with Gasteiger partial charge in [0.25, 0.3) is 0 Å². The number of carbonyl (C=O) groups excluding carboxylic acids is 1. The van der Waals surface area contributed by atoms with E-state index in [2.05, 4.69) is 35.1 Å². The van der Waals surface area contributed by atoms with E-state index in [1.54, 1.807) is 16.9 Å². The van der Waals surface area contributed by atoms with Crippen LogP contribution in [0.1, 0.15) is 52.9 Å². The number of aryl methyl sites for hydroxylation is 2. The molecule has 0 spiro atoms. The van der Waals surface area contributed by atoms with Crippen molar-refractivity contribution in [3.63, 3.8) is 0 Å². The first kappa shape index (κ1) is 13.6. The van der Waals surface area contributed by atoms with Crippen LogP contribution >= 0.6 is 0 Å². The fraction of sp³-hybridized carbons (Fsp3) is 0.333. The Labute approximate surface area is 125 Å². The highest BCUT2D eigenvalue weighted by Crippen LogP contribution is 2.36. The number of ketones is 1. The zero-order chi connectivity index (χ0) is 14.8. The van der Waals surface area contributed by atoms with Gasteiger partial charge < -0.3 is 0 Å². The van der Waals surface area contributed by atoms with Crippen LogP contribution in [-0.2, 0) is 13.5 Å². The van der Waals surface area contributed by atoms with Crippen molar-refractivity contribution in [2.24, 2.45) is 7.05 Å². The number of Topliss-reactive ketones (excluding diaryl/α,β-unsaturated/α-hetero) is 1. The highest BCUT2D eigenvalue weighted by atomic mass is 16.1. The second kappa shape index (κ2) is 5.57. The van der Waals surface area contributed by atoms with E-state index >= 15 is 0 Å². The third kappa shape index (κ3) is 2.62. The van der Waals surface area contributed by atoms with Gasteiger partial charge in [-0.1, -0.05) is 12.0 Å². The first-order valence-corrected chi connectivity index (χ1v) is 7.26. The van der Waals surface area contributed by atoms with Gasteiger partial charge in [-0.3, -0.25) is 9.48 Å². The summed E-state index contributed by atoms with van der Waals surface area (Å²) in [6.45, 7) is 1.85. The van der Waals surface area contributed by atoms with E-state index in [-0.39, 0.29) is 5.78 Å². The highest BCUT2D eigenvalue weighted by Gasteiger charge is 2.26. The van der Waals surface area contributed by atoms with Gasteiger partial charge in [-0.15, -0.1) is 5.92 Å². The molecule has 0 aliphatic heterocycles. The van der Waals surface area contributed by atoms with Crippen LogP contribution in [0.25, 0.3) is 0 Å². The van der Waals surface area contributed by atoms with E-state index in [0.717, 1.165) is 18.4 Å². The third-order valence-electron chi connectivity index (χ3n) is 4.15. The van der Waals surface area contributed by atoms with Crippen LogP contribution in [0.2, 0.25) is 0 Å². The van der Waals surface area contributed by atoms with Crippen LogP contribution < -0.4 is 0 Å². The molecule has 3 nitrogen and oxygen atoms in total. The molecular formula is C18H18N2O. The minimum absolute atomic E-state index is 0.172. The maximum Gasteiger partial charge on any atom is 0.181 e. The van der Waals surface area contributed by atoms with Crippen LogP contribution in [0.4, 0.5) is 0 Å². The van der Waals surface area contributed by atoms with Gasteiger partial charge in [0.2, 0.25) is 0 Å². The van der Waals surface area contributed by atoms with Crippen LogP contribution in [0, 0.1) is 11.8 Å². The van der Waals surface area contributed by atoms with E-state index in [1.165, 1.54) is 11.1 Å². The standard InChI is InChI=1S/C18H18N2O/c1-3-4-13-5-8-16-14(11-13)6-7-15(16)12-18(21)17-9-10-19-20(17)2/h5,8-11,15H,6-7,12H2,1-2H3/t15-/m0/s1. The predicted octanol–water partition coefficient (Wildman–Crippen LogP) is 3.09. The molecule has 1 aliphatic carbocycles. The Bertz CT molecular complexity index is 746. The largest absolute Gasteiger partial charge is 0.292 e. The van der Waals surface area contributed by atoms with Crippen molar-refractivity contribution in [3.05, 3.63) is 52.8 Å². The Morgan fingerprint density at radius 1 is 1.43 bits per heavy atom. The van der Waals surface area contributed by atoms with Gasteiger partial charge >= 0.3 is 0 Å². The van der Waals surface area contributed by atoms with Gasteiger partial charge in [0.05, 0.1) is 0 Å². The molecule has 0 bridgehead atoms. The smallest absolute Gasteiger partial charge is 0.181 e. The Morgan fingerprint density at radius 3 is 3.00 bits per heavy atom. The molecule has 0 fully saturated rings. The number of benzene rings is 1. The normalized spacial score (nSPS) is 16.2. The van der Waals surface area contributed by atoms with Crippen molar-refractivity contribution < 1.29 is 4.79 Å². The summed E-state index contributed by atoms with van der Waals surface area (Å²) in [7, 11) is 1.81. The molecule has 0 radical (unpaired) electrons. The van der Waals surface area contributed by atoms with Crippen molar-refractivity contribution in [3.8, 4) is 11.8 Å². The number of hydrogen-bond acceptors (Lipinski definition) is 2. The fourth-order valence-corrected chi connectivity index (χ4v) is 3.12. The summed E-state index contributed by atoms with van der Waals surface area (Å²) in [5.74, 6) is 6.52. The molecule has 3 heteroatoms. The monoisotopic (exact) mass is 278 g/mol. The van der Waals surface area contributed by atoms with E-state index in [0.29, 0.717) is 18.0 Å². The average molecular weight is 278 g/mol. The summed E-state index contributed by atoms with van der Waals surface area (Å²) in [6, 6.07) is 8.16. The zero-order valence-electron chi connectivity index (χ0n) is 12.4. The van der Waals surface area contributed by atoms with Crippen LogP contribution in [0.5, 0.6) is 0 Å². The number of aromatic nitrogens is 2. The fourth-order valence-electron chi connectivity index (χ4n) is 3.12. The Morgan fingerprint density at radius 2 is 2.29 bits per heavy atom. The summed E-state index contributed by atoms with van der Waals surface area (Å²) in [5.41, 5.74) is 4.41. The van der Waals surface area contributed by atoms with E-state index < -0.39 is 0 Å². The summed E-state index contributed by atoms with van der Waals surface area (Å²) in [6.07, 6.45) is 4.32. The molecule has 106 valence electrons. The van der Waals surface area contributed by atoms with Gasteiger partial charge in [0.1, 0.15) is 5.69 Å². The van der Waals surface area contributed by atoms with Crippen molar-refractivity contribution >= 4 is 5.78 Å². The Balaban J connectivity index is 1.80. The lowest BCUT2D eigenvalue weighted by atomic mass is 9.94.